The largest absolute Gasteiger partial charge is 0.494 e. The molecule has 2 nitrogen and oxygen atoms in total. The first-order valence-electron chi connectivity index (χ1n) is 6.65. The SMILES string of the molecule is CCOc1ccc(N/C=C/C(=S)c2ccc(Br)cc2)cc1. The first-order chi connectivity index (χ1) is 10.2. The van der Waals surface area contributed by atoms with Crippen LogP contribution in [0.25, 0.3) is 0 Å². The van der Waals surface area contributed by atoms with E-state index in [0.29, 0.717) is 6.61 Å². The molecule has 0 aliphatic rings. The quantitative estimate of drug-likeness (QED) is 0.434. The second-order valence-electron chi connectivity index (χ2n) is 4.31. The van der Waals surface area contributed by atoms with Gasteiger partial charge < -0.3 is 10.1 Å². The van der Waals surface area contributed by atoms with Crippen LogP contribution in [0, 0.1) is 0 Å². The minimum absolute atomic E-state index is 0.675. The lowest BCUT2D eigenvalue weighted by atomic mass is 10.1. The summed E-state index contributed by atoms with van der Waals surface area (Å²) in [5.74, 6) is 0.873. The summed E-state index contributed by atoms with van der Waals surface area (Å²) in [6.07, 6.45) is 3.73. The number of halogens is 1. The number of ether oxygens (including phenoxy) is 1. The normalized spacial score (nSPS) is 10.6. The molecular formula is C17H16BrNOS. The predicted molar refractivity (Wildman–Crippen MR) is 96.2 cm³/mol. The van der Waals surface area contributed by atoms with Gasteiger partial charge in [-0.15, -0.1) is 0 Å². The first-order valence-corrected chi connectivity index (χ1v) is 7.85. The smallest absolute Gasteiger partial charge is 0.119 e. The molecule has 0 unspecified atom stereocenters. The molecule has 0 saturated heterocycles. The maximum Gasteiger partial charge on any atom is 0.119 e. The van der Waals surface area contributed by atoms with Gasteiger partial charge in [-0.1, -0.05) is 40.3 Å². The predicted octanol–water partition coefficient (Wildman–Crippen LogP) is 5.19. The van der Waals surface area contributed by atoms with Crippen LogP contribution in [0.2, 0.25) is 0 Å². The molecule has 2 aromatic rings. The Morgan fingerprint density at radius 2 is 1.81 bits per heavy atom. The topological polar surface area (TPSA) is 21.3 Å². The van der Waals surface area contributed by atoms with Crippen LogP contribution >= 0.6 is 28.1 Å². The minimum atomic E-state index is 0.675. The highest BCUT2D eigenvalue weighted by Gasteiger charge is 1.97. The molecule has 1 N–H and O–H groups in total. The van der Waals surface area contributed by atoms with Gasteiger partial charge in [0, 0.05) is 21.2 Å². The van der Waals surface area contributed by atoms with Crippen molar-refractivity contribution in [3.8, 4) is 5.75 Å². The van der Waals surface area contributed by atoms with Crippen LogP contribution in [-0.4, -0.2) is 11.5 Å². The van der Waals surface area contributed by atoms with Crippen molar-refractivity contribution in [3.05, 3.63) is 70.8 Å². The molecule has 0 atom stereocenters. The molecule has 2 aromatic carbocycles. The van der Waals surface area contributed by atoms with Gasteiger partial charge in [-0.05, 0) is 55.0 Å². The van der Waals surface area contributed by atoms with Gasteiger partial charge >= 0.3 is 0 Å². The Bertz CT molecular complexity index is 620. The number of hydrogen-bond acceptors (Lipinski definition) is 3. The summed E-state index contributed by atoms with van der Waals surface area (Å²) in [4.78, 5) is 0.793. The van der Waals surface area contributed by atoms with Crippen molar-refractivity contribution < 1.29 is 4.74 Å². The van der Waals surface area contributed by atoms with E-state index in [4.69, 9.17) is 17.0 Å². The second kappa shape index (κ2) is 7.96. The van der Waals surface area contributed by atoms with Crippen molar-refractivity contribution in [3.63, 3.8) is 0 Å². The summed E-state index contributed by atoms with van der Waals surface area (Å²) in [6, 6.07) is 15.8. The van der Waals surface area contributed by atoms with Crippen molar-refractivity contribution in [1.29, 1.82) is 0 Å². The van der Waals surface area contributed by atoms with E-state index in [0.717, 1.165) is 26.3 Å². The highest BCUT2D eigenvalue weighted by atomic mass is 79.9. The number of rotatable bonds is 6. The Labute approximate surface area is 139 Å². The van der Waals surface area contributed by atoms with Crippen LogP contribution in [0.3, 0.4) is 0 Å². The molecule has 0 bridgehead atoms. The third-order valence-corrected chi connectivity index (χ3v) is 3.68. The van der Waals surface area contributed by atoms with Gasteiger partial charge in [-0.3, -0.25) is 0 Å². The molecule has 0 amide bonds. The van der Waals surface area contributed by atoms with Gasteiger partial charge in [0.2, 0.25) is 0 Å². The van der Waals surface area contributed by atoms with Crippen molar-refractivity contribution in [2.75, 3.05) is 11.9 Å². The van der Waals surface area contributed by atoms with E-state index in [1.54, 1.807) is 0 Å². The summed E-state index contributed by atoms with van der Waals surface area (Å²) in [5.41, 5.74) is 2.02. The molecule has 108 valence electrons. The third-order valence-electron chi connectivity index (χ3n) is 2.78. The Hall–Kier alpha value is -1.65. The number of allylic oxidation sites excluding steroid dienone is 1. The van der Waals surface area contributed by atoms with Crippen molar-refractivity contribution in [2.24, 2.45) is 0 Å². The molecule has 4 heteroatoms. The average molecular weight is 362 g/mol. The molecule has 0 spiro atoms. The molecule has 0 aliphatic heterocycles. The van der Waals surface area contributed by atoms with Gasteiger partial charge in [0.25, 0.3) is 0 Å². The first kappa shape index (κ1) is 15.7. The number of anilines is 1. The minimum Gasteiger partial charge on any atom is -0.494 e. The van der Waals surface area contributed by atoms with E-state index in [-0.39, 0.29) is 0 Å². The molecule has 2 rings (SSSR count). The summed E-state index contributed by atoms with van der Waals surface area (Å²) in [5, 5.41) is 3.19. The second-order valence-corrected chi connectivity index (χ2v) is 5.66. The van der Waals surface area contributed by atoms with E-state index in [1.165, 1.54) is 0 Å². The van der Waals surface area contributed by atoms with Crippen LogP contribution in [0.15, 0.2) is 65.3 Å². The lowest BCUT2D eigenvalue weighted by Crippen LogP contribution is -1.95. The summed E-state index contributed by atoms with van der Waals surface area (Å²) in [6.45, 7) is 2.64. The van der Waals surface area contributed by atoms with Crippen LogP contribution in [0.5, 0.6) is 5.75 Å². The van der Waals surface area contributed by atoms with Crippen molar-refractivity contribution >= 4 is 38.7 Å². The zero-order valence-electron chi connectivity index (χ0n) is 11.7. The van der Waals surface area contributed by atoms with E-state index >= 15 is 0 Å². The monoisotopic (exact) mass is 361 g/mol. The van der Waals surface area contributed by atoms with Crippen LogP contribution in [0.1, 0.15) is 12.5 Å². The fourth-order valence-corrected chi connectivity index (χ4v) is 2.21. The molecule has 0 heterocycles. The fourth-order valence-electron chi connectivity index (χ4n) is 1.74. The van der Waals surface area contributed by atoms with E-state index in [2.05, 4.69) is 21.2 Å². The Balaban J connectivity index is 1.92. The highest BCUT2D eigenvalue weighted by molar-refractivity contribution is 9.10. The van der Waals surface area contributed by atoms with Gasteiger partial charge in [0.05, 0.1) is 6.61 Å². The molecule has 21 heavy (non-hydrogen) atoms. The van der Waals surface area contributed by atoms with Gasteiger partial charge in [-0.2, -0.15) is 0 Å². The van der Waals surface area contributed by atoms with E-state index < -0.39 is 0 Å². The summed E-state index contributed by atoms with van der Waals surface area (Å²) < 4.78 is 6.45. The number of hydrogen-bond donors (Lipinski definition) is 1. The molecule has 0 aromatic heterocycles. The lowest BCUT2D eigenvalue weighted by molar-refractivity contribution is 0.340. The fraction of sp³-hybridized carbons (Fsp3) is 0.118. The molecule has 0 aliphatic carbocycles. The van der Waals surface area contributed by atoms with Gasteiger partial charge in [-0.25, -0.2) is 0 Å². The van der Waals surface area contributed by atoms with Crippen LogP contribution in [0.4, 0.5) is 5.69 Å². The number of nitrogens with one attached hydrogen (secondary N) is 1. The molecule has 0 radical (unpaired) electrons. The van der Waals surface area contributed by atoms with Crippen LogP contribution < -0.4 is 10.1 Å². The third kappa shape index (κ3) is 4.99. The van der Waals surface area contributed by atoms with Gasteiger partial charge in [0.15, 0.2) is 0 Å². The molecule has 0 saturated carbocycles. The Morgan fingerprint density at radius 1 is 1.14 bits per heavy atom. The van der Waals surface area contributed by atoms with Crippen molar-refractivity contribution in [1.82, 2.24) is 0 Å². The summed E-state index contributed by atoms with van der Waals surface area (Å²) >= 11 is 8.78. The summed E-state index contributed by atoms with van der Waals surface area (Å²) in [7, 11) is 0. The highest BCUT2D eigenvalue weighted by Crippen LogP contribution is 2.16. The standard InChI is InChI=1S/C17H16BrNOS/c1-2-20-16-9-7-15(8-10-16)19-12-11-17(21)13-3-5-14(18)6-4-13/h3-12,19H,2H2,1H3/b12-11+. The average Bonchev–Trinajstić information content (AvgIpc) is 2.50. The Morgan fingerprint density at radius 3 is 2.43 bits per heavy atom. The van der Waals surface area contributed by atoms with Crippen LogP contribution in [-0.2, 0) is 0 Å². The number of benzene rings is 2. The van der Waals surface area contributed by atoms with E-state index in [1.807, 2.05) is 67.7 Å². The maximum atomic E-state index is 5.40. The Kier molecular flexibility index (Phi) is 5.96. The van der Waals surface area contributed by atoms with Gasteiger partial charge in [0.1, 0.15) is 5.75 Å². The maximum absolute atomic E-state index is 5.40. The zero-order chi connectivity index (χ0) is 15.1. The molecular weight excluding hydrogens is 346 g/mol. The van der Waals surface area contributed by atoms with E-state index in [9.17, 15) is 0 Å². The van der Waals surface area contributed by atoms with Crippen molar-refractivity contribution in [2.45, 2.75) is 6.92 Å². The lowest BCUT2D eigenvalue weighted by Gasteiger charge is -2.05. The number of thiocarbonyl (C=S) groups is 1. The zero-order valence-corrected chi connectivity index (χ0v) is 14.1. The molecule has 0 fully saturated rings.